The van der Waals surface area contributed by atoms with Gasteiger partial charge in [-0.05, 0) is 45.2 Å². The highest BCUT2D eigenvalue weighted by Gasteiger charge is 1.91. The molecule has 48 valence electrons. The molecule has 4 heteroatoms. The van der Waals surface area contributed by atoms with Gasteiger partial charge in [-0.15, -0.1) is 0 Å². The van der Waals surface area contributed by atoms with E-state index in [0.29, 0.717) is 0 Å². The van der Waals surface area contributed by atoms with Crippen LogP contribution < -0.4 is 0 Å². The molecular formula is C5H3I2NS. The summed E-state index contributed by atoms with van der Waals surface area (Å²) in [6.07, 6.45) is 3.79. The van der Waals surface area contributed by atoms with Gasteiger partial charge in [-0.3, -0.25) is 0 Å². The Kier molecular flexibility index (Phi) is 2.90. The van der Waals surface area contributed by atoms with Gasteiger partial charge < -0.3 is 4.98 Å². The maximum absolute atomic E-state index is 5.06. The first-order valence-corrected chi connectivity index (χ1v) is 4.80. The fourth-order valence-electron chi connectivity index (χ4n) is 0.433. The van der Waals surface area contributed by atoms with Crippen molar-refractivity contribution in [3.63, 3.8) is 0 Å². The molecule has 1 N–H and O–H groups in total. The third-order valence-corrected chi connectivity index (χ3v) is 3.73. The Hall–Kier alpha value is 0.830. The Morgan fingerprint density at radius 2 is 1.67 bits per heavy atom. The molecule has 1 nitrogen and oxygen atoms in total. The largest absolute Gasteiger partial charge is 0.366 e. The molecule has 0 aliphatic carbocycles. The zero-order chi connectivity index (χ0) is 6.85. The minimum absolute atomic E-state index is 0.940. The smallest absolute Gasteiger partial charge is 0.0673 e. The van der Waals surface area contributed by atoms with Crippen molar-refractivity contribution in [1.29, 1.82) is 0 Å². The lowest BCUT2D eigenvalue weighted by Gasteiger charge is -1.90. The molecule has 0 saturated heterocycles. The van der Waals surface area contributed by atoms with E-state index in [4.69, 9.17) is 12.2 Å². The number of pyridine rings is 1. The second-order valence-corrected chi connectivity index (χ2v) is 4.21. The van der Waals surface area contributed by atoms with Gasteiger partial charge in [0, 0.05) is 19.5 Å². The van der Waals surface area contributed by atoms with E-state index in [0.717, 1.165) is 11.7 Å². The van der Waals surface area contributed by atoms with Crippen LogP contribution in [0.3, 0.4) is 0 Å². The maximum atomic E-state index is 5.06. The number of H-pyrrole nitrogens is 1. The van der Waals surface area contributed by atoms with E-state index in [1.54, 1.807) is 0 Å². The number of halogens is 2. The lowest BCUT2D eigenvalue weighted by Crippen LogP contribution is -1.80. The number of rotatable bonds is 0. The fraction of sp³-hybridized carbons (Fsp3) is 0. The molecule has 0 aromatic carbocycles. The third kappa shape index (κ3) is 1.87. The average molecular weight is 363 g/mol. The topological polar surface area (TPSA) is 15.8 Å². The highest BCUT2D eigenvalue weighted by molar-refractivity contribution is 14.1. The Labute approximate surface area is 85.5 Å². The summed E-state index contributed by atoms with van der Waals surface area (Å²) in [5, 5.41) is 0. The lowest BCUT2D eigenvalue weighted by atomic mass is 10.5. The van der Waals surface area contributed by atoms with E-state index in [1.165, 1.54) is 0 Å². The lowest BCUT2D eigenvalue weighted by molar-refractivity contribution is 1.28. The van der Waals surface area contributed by atoms with Crippen LogP contribution in [0.5, 0.6) is 0 Å². The van der Waals surface area contributed by atoms with Crippen LogP contribution in [0.2, 0.25) is 0 Å². The quantitative estimate of drug-likeness (QED) is 0.554. The van der Waals surface area contributed by atoms with Crippen molar-refractivity contribution in [2.24, 2.45) is 0 Å². The van der Waals surface area contributed by atoms with E-state index in [2.05, 4.69) is 50.2 Å². The minimum atomic E-state index is 0.940. The van der Waals surface area contributed by atoms with Crippen molar-refractivity contribution in [1.82, 2.24) is 4.98 Å². The molecule has 1 aromatic heterocycles. The SMILES string of the molecule is S=c1c(I)c[nH]cc1I. The molecule has 0 amide bonds. The Morgan fingerprint density at radius 3 is 2.00 bits per heavy atom. The van der Waals surface area contributed by atoms with E-state index >= 15 is 0 Å². The summed E-state index contributed by atoms with van der Waals surface area (Å²) in [6.45, 7) is 0. The molecule has 0 saturated carbocycles. The van der Waals surface area contributed by atoms with Gasteiger partial charge in [0.15, 0.2) is 0 Å². The van der Waals surface area contributed by atoms with Gasteiger partial charge in [-0.2, -0.15) is 0 Å². The number of aromatic amines is 1. The summed E-state index contributed by atoms with van der Waals surface area (Å²) < 4.78 is 3.15. The van der Waals surface area contributed by atoms with Crippen molar-refractivity contribution in [3.8, 4) is 0 Å². The predicted molar refractivity (Wildman–Crippen MR) is 57.1 cm³/mol. The normalized spacial score (nSPS) is 9.56. The van der Waals surface area contributed by atoms with Crippen LogP contribution >= 0.6 is 57.4 Å². The zero-order valence-corrected chi connectivity index (χ0v) is 9.45. The zero-order valence-electron chi connectivity index (χ0n) is 4.32. The van der Waals surface area contributed by atoms with Crippen LogP contribution in [0.15, 0.2) is 12.4 Å². The summed E-state index contributed by atoms with van der Waals surface area (Å²) in [5.41, 5.74) is 0. The van der Waals surface area contributed by atoms with Crippen molar-refractivity contribution in [3.05, 3.63) is 24.0 Å². The molecular weight excluding hydrogens is 360 g/mol. The van der Waals surface area contributed by atoms with Gasteiger partial charge in [0.05, 0.1) is 4.51 Å². The van der Waals surface area contributed by atoms with Crippen LogP contribution in [-0.4, -0.2) is 4.98 Å². The number of nitrogens with one attached hydrogen (secondary N) is 1. The van der Waals surface area contributed by atoms with Crippen LogP contribution in [0.25, 0.3) is 0 Å². The number of hydrogen-bond acceptors (Lipinski definition) is 1. The van der Waals surface area contributed by atoms with E-state index in [-0.39, 0.29) is 0 Å². The average Bonchev–Trinajstić information content (AvgIpc) is 1.83. The second-order valence-electron chi connectivity index (χ2n) is 1.48. The van der Waals surface area contributed by atoms with E-state index < -0.39 is 0 Å². The first kappa shape index (κ1) is 7.93. The monoisotopic (exact) mass is 363 g/mol. The Balaban J connectivity index is 3.43. The summed E-state index contributed by atoms with van der Waals surface area (Å²) in [7, 11) is 0. The molecule has 0 aliphatic heterocycles. The molecule has 1 aromatic rings. The van der Waals surface area contributed by atoms with Crippen LogP contribution in [0.1, 0.15) is 0 Å². The molecule has 0 fully saturated rings. The van der Waals surface area contributed by atoms with E-state index in [9.17, 15) is 0 Å². The van der Waals surface area contributed by atoms with Crippen molar-refractivity contribution in [2.45, 2.75) is 0 Å². The van der Waals surface area contributed by atoms with Crippen molar-refractivity contribution < 1.29 is 0 Å². The van der Waals surface area contributed by atoms with Crippen LogP contribution in [0.4, 0.5) is 0 Å². The van der Waals surface area contributed by atoms with Crippen LogP contribution in [-0.2, 0) is 0 Å². The fourth-order valence-corrected chi connectivity index (χ4v) is 2.01. The molecule has 1 rings (SSSR count). The maximum Gasteiger partial charge on any atom is 0.0673 e. The highest BCUT2D eigenvalue weighted by Crippen LogP contribution is 2.10. The third-order valence-electron chi connectivity index (χ3n) is 0.854. The molecule has 0 radical (unpaired) electrons. The first-order valence-electron chi connectivity index (χ1n) is 2.24. The van der Waals surface area contributed by atoms with Gasteiger partial charge >= 0.3 is 0 Å². The summed E-state index contributed by atoms with van der Waals surface area (Å²) in [4.78, 5) is 2.99. The van der Waals surface area contributed by atoms with E-state index in [1.807, 2.05) is 12.4 Å². The second kappa shape index (κ2) is 3.29. The molecule has 0 bridgehead atoms. The molecule has 9 heavy (non-hydrogen) atoms. The molecule has 0 atom stereocenters. The van der Waals surface area contributed by atoms with Gasteiger partial charge in [0.2, 0.25) is 0 Å². The van der Waals surface area contributed by atoms with Gasteiger partial charge in [0.25, 0.3) is 0 Å². The first-order chi connectivity index (χ1) is 4.22. The standard InChI is InChI=1S/C5H3I2NS/c6-3-1-8-2-4(7)5(3)9/h1-2H,(H,8,9). The summed E-state index contributed by atoms with van der Waals surface area (Å²) >= 11 is 9.48. The highest BCUT2D eigenvalue weighted by atomic mass is 127. The summed E-state index contributed by atoms with van der Waals surface area (Å²) in [6, 6.07) is 0. The molecule has 0 aliphatic rings. The molecule has 0 unspecified atom stereocenters. The minimum Gasteiger partial charge on any atom is -0.366 e. The van der Waals surface area contributed by atoms with Crippen molar-refractivity contribution >= 4 is 57.4 Å². The Morgan fingerprint density at radius 1 is 1.22 bits per heavy atom. The number of hydrogen-bond donors (Lipinski definition) is 1. The number of aromatic nitrogens is 1. The van der Waals surface area contributed by atoms with Gasteiger partial charge in [-0.1, -0.05) is 12.2 Å². The molecule has 0 spiro atoms. The van der Waals surface area contributed by atoms with Crippen molar-refractivity contribution in [2.75, 3.05) is 0 Å². The van der Waals surface area contributed by atoms with Gasteiger partial charge in [0.1, 0.15) is 0 Å². The molecule has 1 heterocycles. The van der Waals surface area contributed by atoms with Crippen LogP contribution in [0, 0.1) is 11.7 Å². The van der Waals surface area contributed by atoms with Gasteiger partial charge in [-0.25, -0.2) is 0 Å². The predicted octanol–water partition coefficient (Wildman–Crippen LogP) is 2.95. The summed E-state index contributed by atoms with van der Waals surface area (Å²) in [5.74, 6) is 0. The Bertz CT molecular complexity index is 245.